The van der Waals surface area contributed by atoms with Gasteiger partial charge in [-0.3, -0.25) is 4.79 Å². The highest BCUT2D eigenvalue weighted by molar-refractivity contribution is 7.99. The van der Waals surface area contributed by atoms with Crippen LogP contribution in [-0.2, 0) is 23.7 Å². The lowest BCUT2D eigenvalue weighted by molar-refractivity contribution is -0.487. The van der Waals surface area contributed by atoms with Crippen LogP contribution in [0.3, 0.4) is 0 Å². The maximum Gasteiger partial charge on any atom is 0.213 e. The molecular weight excluding hydrogens is 464 g/mol. The molecule has 2 bridgehead atoms. The summed E-state index contributed by atoms with van der Waals surface area (Å²) < 4.78 is 26.2. The topological polar surface area (TPSA) is 74.2 Å². The number of aliphatic hydroxyl groups is 1. The van der Waals surface area contributed by atoms with Crippen molar-refractivity contribution in [2.45, 2.75) is 95.9 Å². The van der Waals surface area contributed by atoms with Crippen molar-refractivity contribution >= 4 is 17.5 Å². The Hall–Kier alpha value is -0.860. The van der Waals surface area contributed by atoms with Gasteiger partial charge in [-0.1, -0.05) is 27.4 Å². The molecule has 9 atom stereocenters. The fourth-order valence-electron chi connectivity index (χ4n) is 9.13. The predicted octanol–water partition coefficient (Wildman–Crippen LogP) is 4.81. The van der Waals surface area contributed by atoms with Crippen molar-refractivity contribution in [3.8, 4) is 0 Å². The molecule has 1 spiro atoms. The Kier molecular flexibility index (Phi) is 5.31. The van der Waals surface area contributed by atoms with Crippen LogP contribution in [0.4, 0.5) is 0 Å². The van der Waals surface area contributed by atoms with E-state index in [2.05, 4.69) is 27.4 Å². The van der Waals surface area contributed by atoms with Gasteiger partial charge in [0.05, 0.1) is 6.10 Å². The zero-order valence-electron chi connectivity index (χ0n) is 21.9. The third kappa shape index (κ3) is 2.85. The monoisotopic (exact) mass is 504 g/mol. The quantitative estimate of drug-likeness (QED) is 0.553. The van der Waals surface area contributed by atoms with E-state index >= 15 is 0 Å². The van der Waals surface area contributed by atoms with Gasteiger partial charge in [0.2, 0.25) is 5.79 Å². The lowest BCUT2D eigenvalue weighted by Crippen LogP contribution is -2.81. The molecule has 6 aliphatic rings. The van der Waals surface area contributed by atoms with Crippen molar-refractivity contribution in [1.82, 2.24) is 0 Å². The number of carbonyl (C=O) groups excluding carboxylic acids is 1. The molecule has 0 aromatic heterocycles. The van der Waals surface area contributed by atoms with E-state index in [1.54, 1.807) is 7.11 Å². The average molecular weight is 505 g/mol. The molecular formula is C28H40O6S. The van der Waals surface area contributed by atoms with Crippen LogP contribution in [0, 0.1) is 34.5 Å². The van der Waals surface area contributed by atoms with E-state index in [-0.39, 0.29) is 40.3 Å². The third-order valence-electron chi connectivity index (χ3n) is 10.1. The first-order valence-corrected chi connectivity index (χ1v) is 14.3. The summed E-state index contributed by atoms with van der Waals surface area (Å²) in [7, 11) is 1.58. The summed E-state index contributed by atoms with van der Waals surface area (Å²) in [5.74, 6) is -0.982. The van der Waals surface area contributed by atoms with Crippen LogP contribution in [0.5, 0.6) is 0 Å². The van der Waals surface area contributed by atoms with Crippen LogP contribution < -0.4 is 0 Å². The molecule has 0 radical (unpaired) electrons. The van der Waals surface area contributed by atoms with Gasteiger partial charge < -0.3 is 24.1 Å². The summed E-state index contributed by atoms with van der Waals surface area (Å²) in [6.45, 7) is 14.6. The first kappa shape index (κ1) is 24.5. The molecule has 2 aliphatic heterocycles. The van der Waals surface area contributed by atoms with Crippen LogP contribution in [-0.4, -0.2) is 53.0 Å². The lowest BCUT2D eigenvalue weighted by atomic mass is 9.43. The van der Waals surface area contributed by atoms with Crippen molar-refractivity contribution in [2.24, 2.45) is 34.5 Å². The van der Waals surface area contributed by atoms with Crippen molar-refractivity contribution in [2.75, 3.05) is 12.9 Å². The molecule has 0 aromatic carbocycles. The van der Waals surface area contributed by atoms with Crippen molar-refractivity contribution in [1.29, 1.82) is 0 Å². The van der Waals surface area contributed by atoms with Gasteiger partial charge >= 0.3 is 0 Å². The highest BCUT2D eigenvalue weighted by atomic mass is 32.2. The van der Waals surface area contributed by atoms with E-state index in [9.17, 15) is 9.90 Å². The Bertz CT molecular complexity index is 1000. The Morgan fingerprint density at radius 3 is 2.63 bits per heavy atom. The van der Waals surface area contributed by atoms with Crippen LogP contribution in [0.25, 0.3) is 0 Å². The predicted molar refractivity (Wildman–Crippen MR) is 133 cm³/mol. The number of ketones is 1. The Morgan fingerprint density at radius 1 is 1.20 bits per heavy atom. The van der Waals surface area contributed by atoms with Gasteiger partial charge in [-0.2, -0.15) is 0 Å². The number of carbonyl (C=O) groups is 1. The SMILES string of the molecule is C=C1C(=O)[C@@]23[C@@H]4OC(C)(C)O[C@@]2(OC)[C@@H](O)[C@H]2C(C5=C(CC[C@@H](SCC)O5)CC2(C)C)[C@@H]3CC[C@@H]14. The number of Topliss-reactive ketones (excluding diaryl/α,β-unsaturated/α-hetero) is 1. The third-order valence-corrected chi connectivity index (χ3v) is 11.1. The van der Waals surface area contributed by atoms with E-state index in [0.717, 1.165) is 43.6 Å². The number of fused-ring (bicyclic) bond motifs is 3. The van der Waals surface area contributed by atoms with Gasteiger partial charge in [0.15, 0.2) is 11.6 Å². The van der Waals surface area contributed by atoms with E-state index < -0.39 is 29.2 Å². The molecule has 1 saturated heterocycles. The highest BCUT2D eigenvalue weighted by Crippen LogP contribution is 2.74. The molecule has 4 aliphatic carbocycles. The van der Waals surface area contributed by atoms with Gasteiger partial charge in [0, 0.05) is 24.9 Å². The summed E-state index contributed by atoms with van der Waals surface area (Å²) in [6, 6.07) is 0. The second-order valence-electron chi connectivity index (χ2n) is 12.6. The maximum atomic E-state index is 14.3. The summed E-state index contributed by atoms with van der Waals surface area (Å²) in [6.07, 6.45) is 3.12. The molecule has 0 aromatic rings. The lowest BCUT2D eigenvalue weighted by Gasteiger charge is -2.70. The summed E-state index contributed by atoms with van der Waals surface area (Å²) in [5, 5.41) is 12.4. The van der Waals surface area contributed by atoms with Crippen LogP contribution >= 0.6 is 11.8 Å². The number of aliphatic hydroxyl groups excluding tert-OH is 1. The zero-order valence-corrected chi connectivity index (χ0v) is 22.7. The first-order valence-electron chi connectivity index (χ1n) is 13.3. The van der Waals surface area contributed by atoms with E-state index in [1.165, 1.54) is 5.57 Å². The van der Waals surface area contributed by atoms with Gasteiger partial charge in [-0.25, -0.2) is 0 Å². The largest absolute Gasteiger partial charge is 0.484 e. The van der Waals surface area contributed by atoms with Crippen LogP contribution in [0.1, 0.15) is 66.7 Å². The number of hydrogen-bond donors (Lipinski definition) is 1. The molecule has 0 amide bonds. The minimum absolute atomic E-state index is 0.0503. The molecule has 35 heavy (non-hydrogen) atoms. The fraction of sp³-hybridized carbons (Fsp3) is 0.821. The van der Waals surface area contributed by atoms with Crippen molar-refractivity contribution in [3.63, 3.8) is 0 Å². The Balaban J connectivity index is 1.59. The number of ether oxygens (including phenoxy) is 4. The molecule has 6 nitrogen and oxygen atoms in total. The molecule has 1 N–H and O–H groups in total. The van der Waals surface area contributed by atoms with Gasteiger partial charge in [-0.05, 0) is 74.2 Å². The second kappa shape index (κ2) is 7.59. The average Bonchev–Trinajstić information content (AvgIpc) is 2.91. The van der Waals surface area contributed by atoms with Gasteiger partial charge in [0.1, 0.15) is 22.7 Å². The normalized spacial score (nSPS) is 49.2. The van der Waals surface area contributed by atoms with Crippen LogP contribution in [0.15, 0.2) is 23.5 Å². The van der Waals surface area contributed by atoms with Gasteiger partial charge in [-0.15, -0.1) is 11.8 Å². The number of allylic oxidation sites excluding steroid dienone is 2. The first-order chi connectivity index (χ1) is 16.4. The fourth-order valence-corrected chi connectivity index (χ4v) is 9.95. The number of methoxy groups -OCH3 is 1. The number of rotatable bonds is 3. The second-order valence-corrected chi connectivity index (χ2v) is 14.0. The maximum absolute atomic E-state index is 14.3. The van der Waals surface area contributed by atoms with E-state index in [0.29, 0.717) is 5.57 Å². The molecule has 2 heterocycles. The summed E-state index contributed by atoms with van der Waals surface area (Å²) in [4.78, 5) is 14.3. The summed E-state index contributed by atoms with van der Waals surface area (Å²) in [5.41, 5.74) is 0.722. The molecule has 1 unspecified atom stereocenters. The smallest absolute Gasteiger partial charge is 0.213 e. The molecule has 194 valence electrons. The standard InChI is InChI=1S/C28H40O6S/c1-8-35-18-12-9-15-13-25(3,4)20-19(21(15)32-18)17-11-10-16-14(2)22(29)27(17)24(16)33-26(5,6)34-28(27,31-7)23(20)30/h16-20,23-24,30H,2,8-13H2,1,3-7H3/t16-,17-,18+,19?,20+,23-,24+,27-,28-/m0/s1. The minimum atomic E-state index is -1.50. The van der Waals surface area contributed by atoms with E-state index in [4.69, 9.17) is 18.9 Å². The zero-order chi connectivity index (χ0) is 25.1. The highest BCUT2D eigenvalue weighted by Gasteiger charge is 2.84. The number of thioether (sulfide) groups is 1. The van der Waals surface area contributed by atoms with Crippen molar-refractivity contribution in [3.05, 3.63) is 23.5 Å². The van der Waals surface area contributed by atoms with Crippen molar-refractivity contribution < 1.29 is 28.8 Å². The Labute approximate surface area is 213 Å². The molecule has 3 saturated carbocycles. The van der Waals surface area contributed by atoms with Gasteiger partial charge in [0.25, 0.3) is 0 Å². The van der Waals surface area contributed by atoms with Crippen LogP contribution in [0.2, 0.25) is 0 Å². The number of hydrogen-bond acceptors (Lipinski definition) is 7. The van der Waals surface area contributed by atoms with E-state index in [1.807, 2.05) is 25.6 Å². The molecule has 4 fully saturated rings. The molecule has 7 heteroatoms. The minimum Gasteiger partial charge on any atom is -0.484 e. The Morgan fingerprint density at radius 2 is 1.94 bits per heavy atom. The molecule has 6 rings (SSSR count). The summed E-state index contributed by atoms with van der Waals surface area (Å²) >= 11 is 1.84.